The standard InChI is InChI=1S/C17H15N3/c18-17(19-15-8-2-1-3-9-15)20-16-11-10-13-6-4-5-7-14(13)12-16/h1-12H,(H3,18,19,20). The monoisotopic (exact) mass is 261 g/mol. The fourth-order valence-electron chi connectivity index (χ4n) is 2.11. The predicted molar refractivity (Wildman–Crippen MR) is 85.4 cm³/mol. The number of rotatable bonds is 2. The SMILES string of the molecule is N=C(Nc1ccccc1)Nc1ccc2ccccc2c1. The summed E-state index contributed by atoms with van der Waals surface area (Å²) in [5.41, 5.74) is 1.79. The van der Waals surface area contributed by atoms with Gasteiger partial charge in [-0.2, -0.15) is 0 Å². The van der Waals surface area contributed by atoms with E-state index >= 15 is 0 Å². The van der Waals surface area contributed by atoms with E-state index < -0.39 is 0 Å². The number of para-hydroxylation sites is 1. The molecule has 0 spiro atoms. The van der Waals surface area contributed by atoms with Crippen molar-refractivity contribution >= 4 is 28.1 Å². The molecule has 3 aromatic carbocycles. The molecular formula is C17H15N3. The molecule has 3 N–H and O–H groups in total. The number of fused-ring (bicyclic) bond motifs is 1. The summed E-state index contributed by atoms with van der Waals surface area (Å²) in [6.45, 7) is 0. The van der Waals surface area contributed by atoms with Gasteiger partial charge in [-0.05, 0) is 35.0 Å². The molecule has 0 aromatic heterocycles. The Kier molecular flexibility index (Phi) is 3.33. The molecule has 0 aliphatic rings. The minimum absolute atomic E-state index is 0.256. The molecular weight excluding hydrogens is 246 g/mol. The molecule has 0 amide bonds. The van der Waals surface area contributed by atoms with Crippen molar-refractivity contribution in [3.05, 3.63) is 72.8 Å². The average Bonchev–Trinajstić information content (AvgIpc) is 2.48. The van der Waals surface area contributed by atoms with Crippen molar-refractivity contribution in [3.8, 4) is 0 Å². The highest BCUT2D eigenvalue weighted by atomic mass is 15.1. The van der Waals surface area contributed by atoms with Crippen molar-refractivity contribution in [1.82, 2.24) is 0 Å². The van der Waals surface area contributed by atoms with E-state index in [0.29, 0.717) is 0 Å². The largest absolute Gasteiger partial charge is 0.326 e. The lowest BCUT2D eigenvalue weighted by Gasteiger charge is -2.11. The summed E-state index contributed by atoms with van der Waals surface area (Å²) in [7, 11) is 0. The zero-order valence-electron chi connectivity index (χ0n) is 10.9. The van der Waals surface area contributed by atoms with Crippen molar-refractivity contribution in [2.24, 2.45) is 0 Å². The first-order valence-electron chi connectivity index (χ1n) is 6.48. The highest BCUT2D eigenvalue weighted by Gasteiger charge is 2.00. The van der Waals surface area contributed by atoms with Crippen LogP contribution in [-0.2, 0) is 0 Å². The molecule has 0 fully saturated rings. The van der Waals surface area contributed by atoms with E-state index in [0.717, 1.165) is 16.8 Å². The summed E-state index contributed by atoms with van der Waals surface area (Å²) in [6.07, 6.45) is 0. The number of nitrogens with one attached hydrogen (secondary N) is 3. The molecule has 0 saturated carbocycles. The van der Waals surface area contributed by atoms with Crippen LogP contribution < -0.4 is 10.6 Å². The van der Waals surface area contributed by atoms with Gasteiger partial charge in [-0.25, -0.2) is 0 Å². The lowest BCUT2D eigenvalue weighted by Crippen LogP contribution is -2.20. The summed E-state index contributed by atoms with van der Waals surface area (Å²) in [5, 5.41) is 16.4. The van der Waals surface area contributed by atoms with Crippen LogP contribution in [0.3, 0.4) is 0 Å². The Morgan fingerprint density at radius 3 is 2.10 bits per heavy atom. The van der Waals surface area contributed by atoms with Gasteiger partial charge in [0.15, 0.2) is 5.96 Å². The average molecular weight is 261 g/mol. The first kappa shape index (κ1) is 12.2. The van der Waals surface area contributed by atoms with Crippen LogP contribution in [0.2, 0.25) is 0 Å². The lowest BCUT2D eigenvalue weighted by molar-refractivity contribution is 1.43. The van der Waals surface area contributed by atoms with Crippen LogP contribution in [0.15, 0.2) is 72.8 Å². The van der Waals surface area contributed by atoms with Gasteiger partial charge < -0.3 is 10.6 Å². The second-order valence-electron chi connectivity index (χ2n) is 4.55. The molecule has 0 saturated heterocycles. The van der Waals surface area contributed by atoms with Gasteiger partial charge in [-0.3, -0.25) is 5.41 Å². The maximum Gasteiger partial charge on any atom is 0.197 e. The Labute approximate surface area is 117 Å². The van der Waals surface area contributed by atoms with Crippen LogP contribution in [0.5, 0.6) is 0 Å². The topological polar surface area (TPSA) is 47.9 Å². The second kappa shape index (κ2) is 5.45. The quantitative estimate of drug-likeness (QED) is 0.476. The molecule has 0 radical (unpaired) electrons. The van der Waals surface area contributed by atoms with Gasteiger partial charge >= 0.3 is 0 Å². The van der Waals surface area contributed by atoms with Gasteiger partial charge in [0.05, 0.1) is 0 Å². The van der Waals surface area contributed by atoms with Crippen LogP contribution in [0.25, 0.3) is 10.8 Å². The van der Waals surface area contributed by atoms with E-state index in [2.05, 4.69) is 22.8 Å². The van der Waals surface area contributed by atoms with Gasteiger partial charge in [-0.1, -0.05) is 48.5 Å². The molecule has 0 aliphatic carbocycles. The summed E-state index contributed by atoms with van der Waals surface area (Å²) in [4.78, 5) is 0. The Hall–Kier alpha value is -2.81. The zero-order valence-corrected chi connectivity index (χ0v) is 10.9. The number of hydrogen-bond acceptors (Lipinski definition) is 1. The van der Waals surface area contributed by atoms with Gasteiger partial charge in [-0.15, -0.1) is 0 Å². The first-order chi connectivity index (χ1) is 9.81. The number of anilines is 2. The first-order valence-corrected chi connectivity index (χ1v) is 6.48. The van der Waals surface area contributed by atoms with Gasteiger partial charge in [0, 0.05) is 11.4 Å². The third-order valence-corrected chi connectivity index (χ3v) is 3.06. The highest BCUT2D eigenvalue weighted by molar-refractivity contribution is 6.02. The molecule has 0 unspecified atom stereocenters. The van der Waals surface area contributed by atoms with Crippen LogP contribution in [0.4, 0.5) is 11.4 Å². The number of benzene rings is 3. The van der Waals surface area contributed by atoms with Gasteiger partial charge in [0.1, 0.15) is 0 Å². The lowest BCUT2D eigenvalue weighted by atomic mass is 10.1. The van der Waals surface area contributed by atoms with Crippen LogP contribution >= 0.6 is 0 Å². The minimum atomic E-state index is 0.256. The highest BCUT2D eigenvalue weighted by Crippen LogP contribution is 2.18. The molecule has 3 rings (SSSR count). The maximum atomic E-state index is 7.95. The molecule has 3 heteroatoms. The van der Waals surface area contributed by atoms with Crippen molar-refractivity contribution in [3.63, 3.8) is 0 Å². The van der Waals surface area contributed by atoms with E-state index in [1.807, 2.05) is 60.7 Å². The zero-order chi connectivity index (χ0) is 13.8. The van der Waals surface area contributed by atoms with E-state index in [-0.39, 0.29) is 5.96 Å². The number of hydrogen-bond donors (Lipinski definition) is 3. The van der Waals surface area contributed by atoms with Gasteiger partial charge in [0.25, 0.3) is 0 Å². The number of guanidine groups is 1. The fraction of sp³-hybridized carbons (Fsp3) is 0. The summed E-state index contributed by atoms with van der Waals surface area (Å²) in [5.74, 6) is 0.256. The third kappa shape index (κ3) is 2.78. The molecule has 98 valence electrons. The smallest absolute Gasteiger partial charge is 0.197 e. The van der Waals surface area contributed by atoms with Crippen LogP contribution in [0.1, 0.15) is 0 Å². The van der Waals surface area contributed by atoms with E-state index in [9.17, 15) is 0 Å². The van der Waals surface area contributed by atoms with Crippen molar-refractivity contribution < 1.29 is 0 Å². The normalized spacial score (nSPS) is 10.2. The molecule has 0 heterocycles. The van der Waals surface area contributed by atoms with E-state index in [1.165, 1.54) is 5.39 Å². The molecule has 0 bridgehead atoms. The van der Waals surface area contributed by atoms with Crippen LogP contribution in [0, 0.1) is 5.41 Å². The predicted octanol–water partition coefficient (Wildman–Crippen LogP) is 4.30. The maximum absolute atomic E-state index is 7.95. The molecule has 3 nitrogen and oxygen atoms in total. The summed E-state index contributed by atoms with van der Waals surface area (Å²) < 4.78 is 0. The Balaban J connectivity index is 1.74. The van der Waals surface area contributed by atoms with E-state index in [1.54, 1.807) is 0 Å². The molecule has 0 atom stereocenters. The van der Waals surface area contributed by atoms with E-state index in [4.69, 9.17) is 5.41 Å². The molecule has 0 aliphatic heterocycles. The van der Waals surface area contributed by atoms with Crippen molar-refractivity contribution in [2.45, 2.75) is 0 Å². The van der Waals surface area contributed by atoms with Crippen LogP contribution in [-0.4, -0.2) is 5.96 Å². The minimum Gasteiger partial charge on any atom is -0.326 e. The summed E-state index contributed by atoms with van der Waals surface area (Å²) >= 11 is 0. The second-order valence-corrected chi connectivity index (χ2v) is 4.55. The van der Waals surface area contributed by atoms with Gasteiger partial charge in [0.2, 0.25) is 0 Å². The third-order valence-electron chi connectivity index (χ3n) is 3.06. The Morgan fingerprint density at radius 1 is 0.650 bits per heavy atom. The molecule has 20 heavy (non-hydrogen) atoms. The summed E-state index contributed by atoms with van der Waals surface area (Å²) in [6, 6.07) is 23.9. The molecule has 3 aromatic rings. The Morgan fingerprint density at radius 2 is 1.30 bits per heavy atom. The fourth-order valence-corrected chi connectivity index (χ4v) is 2.11. The van der Waals surface area contributed by atoms with Crippen molar-refractivity contribution in [1.29, 1.82) is 5.41 Å². The Bertz CT molecular complexity index is 735. The van der Waals surface area contributed by atoms with Crippen molar-refractivity contribution in [2.75, 3.05) is 10.6 Å².